The number of benzene rings is 1. The predicted molar refractivity (Wildman–Crippen MR) is 91.3 cm³/mol. The SMILES string of the molecule is COC(=O)CCSCc1cccc(NC(=O)C2(N)CC2)c1.Cl. The molecule has 0 unspecified atom stereocenters. The summed E-state index contributed by atoms with van der Waals surface area (Å²) in [5, 5.41) is 2.86. The fourth-order valence-electron chi connectivity index (χ4n) is 1.80. The van der Waals surface area contributed by atoms with Crippen LogP contribution in [0.5, 0.6) is 0 Å². The molecular weight excluding hydrogens is 324 g/mol. The van der Waals surface area contributed by atoms with Gasteiger partial charge in [-0.15, -0.1) is 12.4 Å². The predicted octanol–water partition coefficient (Wildman–Crippen LogP) is 2.33. The van der Waals surface area contributed by atoms with Crippen LogP contribution in [0.1, 0.15) is 24.8 Å². The van der Waals surface area contributed by atoms with Crippen LogP contribution in [0.15, 0.2) is 24.3 Å². The second kappa shape index (κ2) is 8.41. The maximum Gasteiger partial charge on any atom is 0.306 e. The van der Waals surface area contributed by atoms with Crippen molar-refractivity contribution in [3.63, 3.8) is 0 Å². The van der Waals surface area contributed by atoms with E-state index in [-0.39, 0.29) is 24.3 Å². The van der Waals surface area contributed by atoms with Crippen molar-refractivity contribution in [3.8, 4) is 0 Å². The van der Waals surface area contributed by atoms with Gasteiger partial charge in [0.05, 0.1) is 19.1 Å². The minimum atomic E-state index is -0.661. The number of nitrogens with one attached hydrogen (secondary N) is 1. The third kappa shape index (κ3) is 5.51. The summed E-state index contributed by atoms with van der Waals surface area (Å²) in [5.74, 6) is 1.20. The van der Waals surface area contributed by atoms with E-state index in [1.807, 2.05) is 24.3 Å². The topological polar surface area (TPSA) is 81.4 Å². The van der Waals surface area contributed by atoms with E-state index in [9.17, 15) is 9.59 Å². The first-order valence-electron chi connectivity index (χ1n) is 6.87. The lowest BCUT2D eigenvalue weighted by molar-refractivity contribution is -0.140. The van der Waals surface area contributed by atoms with Gasteiger partial charge in [0.1, 0.15) is 0 Å². The zero-order valence-corrected chi connectivity index (χ0v) is 14.1. The van der Waals surface area contributed by atoms with Crippen LogP contribution in [0, 0.1) is 0 Å². The Hall–Kier alpha value is -1.24. The Kier molecular flexibility index (Phi) is 7.19. The molecule has 122 valence electrons. The Bertz CT molecular complexity index is 535. The van der Waals surface area contributed by atoms with E-state index in [0.29, 0.717) is 6.42 Å². The highest BCUT2D eigenvalue weighted by Crippen LogP contribution is 2.33. The molecule has 1 amide bonds. The number of ether oxygens (including phenoxy) is 1. The number of halogens is 1. The molecule has 5 nitrogen and oxygen atoms in total. The van der Waals surface area contributed by atoms with E-state index < -0.39 is 5.54 Å². The van der Waals surface area contributed by atoms with Gasteiger partial charge < -0.3 is 15.8 Å². The summed E-state index contributed by atoms with van der Waals surface area (Å²) in [6.45, 7) is 0. The molecule has 1 aromatic carbocycles. The van der Waals surface area contributed by atoms with Gasteiger partial charge in [-0.2, -0.15) is 11.8 Å². The number of carbonyl (C=O) groups is 2. The molecule has 0 saturated heterocycles. The molecule has 0 heterocycles. The van der Waals surface area contributed by atoms with Gasteiger partial charge in [-0.1, -0.05) is 12.1 Å². The standard InChI is InChI=1S/C15H20N2O3S.ClH/c1-20-13(18)5-8-21-10-11-3-2-4-12(9-11)17-14(19)15(16)6-7-15;/h2-4,9H,5-8,10,16H2,1H3,(H,17,19);1H. The quantitative estimate of drug-likeness (QED) is 0.586. The van der Waals surface area contributed by atoms with Crippen molar-refractivity contribution >= 4 is 41.7 Å². The van der Waals surface area contributed by atoms with Crippen LogP contribution in [0.25, 0.3) is 0 Å². The Balaban J connectivity index is 0.00000242. The number of methoxy groups -OCH3 is 1. The summed E-state index contributed by atoms with van der Waals surface area (Å²) in [4.78, 5) is 22.9. The molecule has 1 aliphatic carbocycles. The van der Waals surface area contributed by atoms with E-state index in [2.05, 4.69) is 10.1 Å². The molecule has 0 aromatic heterocycles. The maximum atomic E-state index is 11.9. The van der Waals surface area contributed by atoms with Crippen LogP contribution in [0.4, 0.5) is 5.69 Å². The third-order valence-corrected chi connectivity index (χ3v) is 4.40. The number of hydrogen-bond donors (Lipinski definition) is 2. The minimum Gasteiger partial charge on any atom is -0.469 e. The van der Waals surface area contributed by atoms with Crippen LogP contribution in [-0.2, 0) is 20.1 Å². The van der Waals surface area contributed by atoms with Crippen LogP contribution < -0.4 is 11.1 Å². The number of anilines is 1. The van der Waals surface area contributed by atoms with Gasteiger partial charge in [-0.05, 0) is 30.5 Å². The molecule has 2 rings (SSSR count). The van der Waals surface area contributed by atoms with E-state index in [0.717, 1.165) is 35.6 Å². The first-order valence-corrected chi connectivity index (χ1v) is 8.03. The summed E-state index contributed by atoms with van der Waals surface area (Å²) in [7, 11) is 1.39. The Morgan fingerprint density at radius 1 is 1.41 bits per heavy atom. The maximum absolute atomic E-state index is 11.9. The first kappa shape index (κ1) is 18.8. The van der Waals surface area contributed by atoms with Gasteiger partial charge in [0.2, 0.25) is 5.91 Å². The number of thioether (sulfide) groups is 1. The van der Waals surface area contributed by atoms with Crippen LogP contribution in [0.3, 0.4) is 0 Å². The molecule has 0 aliphatic heterocycles. The van der Waals surface area contributed by atoms with Gasteiger partial charge in [0, 0.05) is 17.2 Å². The van der Waals surface area contributed by atoms with Crippen molar-refractivity contribution < 1.29 is 14.3 Å². The summed E-state index contributed by atoms with van der Waals surface area (Å²) >= 11 is 1.66. The molecule has 0 bridgehead atoms. The number of amides is 1. The van der Waals surface area contributed by atoms with Gasteiger partial charge >= 0.3 is 5.97 Å². The normalized spacial score (nSPS) is 14.6. The molecule has 1 aliphatic rings. The van der Waals surface area contributed by atoms with Gasteiger partial charge in [0.25, 0.3) is 0 Å². The summed E-state index contributed by atoms with van der Waals surface area (Å²) in [6.07, 6.45) is 1.91. The van der Waals surface area contributed by atoms with Crippen molar-refractivity contribution in [3.05, 3.63) is 29.8 Å². The van der Waals surface area contributed by atoms with E-state index in [1.165, 1.54) is 7.11 Å². The molecule has 22 heavy (non-hydrogen) atoms. The minimum absolute atomic E-state index is 0. The second-order valence-corrected chi connectivity index (χ2v) is 6.29. The van der Waals surface area contributed by atoms with Crippen molar-refractivity contribution in [1.82, 2.24) is 0 Å². The van der Waals surface area contributed by atoms with Gasteiger partial charge in [-0.25, -0.2) is 0 Å². The van der Waals surface area contributed by atoms with Gasteiger partial charge in [0.15, 0.2) is 0 Å². The van der Waals surface area contributed by atoms with Crippen LogP contribution in [0.2, 0.25) is 0 Å². The molecule has 1 saturated carbocycles. The van der Waals surface area contributed by atoms with E-state index in [1.54, 1.807) is 11.8 Å². The van der Waals surface area contributed by atoms with Crippen LogP contribution in [-0.4, -0.2) is 30.3 Å². The number of nitrogens with two attached hydrogens (primary N) is 1. The van der Waals surface area contributed by atoms with E-state index >= 15 is 0 Å². The monoisotopic (exact) mass is 344 g/mol. The summed E-state index contributed by atoms with van der Waals surface area (Å²) in [6, 6.07) is 7.69. The molecule has 0 atom stereocenters. The molecule has 3 N–H and O–H groups in total. The Morgan fingerprint density at radius 2 is 2.14 bits per heavy atom. The van der Waals surface area contributed by atoms with Crippen LogP contribution >= 0.6 is 24.2 Å². The lowest BCUT2D eigenvalue weighted by atomic mass is 10.2. The smallest absolute Gasteiger partial charge is 0.306 e. The number of esters is 1. The Labute approximate surface area is 140 Å². The summed E-state index contributed by atoms with van der Waals surface area (Å²) < 4.78 is 4.59. The highest BCUT2D eigenvalue weighted by molar-refractivity contribution is 7.98. The molecular formula is C15H21ClN2O3S. The zero-order valence-electron chi connectivity index (χ0n) is 12.5. The molecule has 7 heteroatoms. The van der Waals surface area contributed by atoms with Crippen molar-refractivity contribution in [2.75, 3.05) is 18.2 Å². The highest BCUT2D eigenvalue weighted by Gasteiger charge is 2.45. The Morgan fingerprint density at radius 3 is 2.77 bits per heavy atom. The molecule has 0 radical (unpaired) electrons. The zero-order chi connectivity index (χ0) is 15.3. The fraction of sp³-hybridized carbons (Fsp3) is 0.467. The number of rotatable bonds is 7. The highest BCUT2D eigenvalue weighted by atomic mass is 35.5. The molecule has 1 fully saturated rings. The number of hydrogen-bond acceptors (Lipinski definition) is 5. The van der Waals surface area contributed by atoms with Crippen molar-refractivity contribution in [2.24, 2.45) is 5.73 Å². The van der Waals surface area contributed by atoms with Gasteiger partial charge in [-0.3, -0.25) is 9.59 Å². The number of carbonyl (C=O) groups excluding carboxylic acids is 2. The second-order valence-electron chi connectivity index (χ2n) is 5.19. The molecule has 1 aromatic rings. The first-order chi connectivity index (χ1) is 10.0. The largest absolute Gasteiger partial charge is 0.469 e. The molecule has 0 spiro atoms. The summed E-state index contributed by atoms with van der Waals surface area (Å²) in [5.41, 5.74) is 7.06. The lowest BCUT2D eigenvalue weighted by Gasteiger charge is -2.11. The third-order valence-electron chi connectivity index (χ3n) is 3.37. The average molecular weight is 345 g/mol. The average Bonchev–Trinajstić information content (AvgIpc) is 3.23. The van der Waals surface area contributed by atoms with Crippen molar-refractivity contribution in [2.45, 2.75) is 30.6 Å². The van der Waals surface area contributed by atoms with E-state index in [4.69, 9.17) is 5.73 Å². The lowest BCUT2D eigenvalue weighted by Crippen LogP contribution is -2.37. The fourth-order valence-corrected chi connectivity index (χ4v) is 2.67. The van der Waals surface area contributed by atoms with Crippen molar-refractivity contribution in [1.29, 1.82) is 0 Å².